The summed E-state index contributed by atoms with van der Waals surface area (Å²) in [6.07, 6.45) is -2.84. The van der Waals surface area contributed by atoms with Gasteiger partial charge in [0.15, 0.2) is 5.82 Å². The molecule has 10 heteroatoms. The van der Waals surface area contributed by atoms with Crippen molar-refractivity contribution in [1.82, 2.24) is 14.8 Å². The molecule has 2 heterocycles. The zero-order valence-electron chi connectivity index (χ0n) is 14.3. The van der Waals surface area contributed by atoms with Gasteiger partial charge in [-0.25, -0.2) is 9.67 Å². The van der Waals surface area contributed by atoms with Crippen molar-refractivity contribution in [2.24, 2.45) is 12.8 Å². The van der Waals surface area contributed by atoms with Gasteiger partial charge in [0.25, 0.3) is 0 Å². The van der Waals surface area contributed by atoms with Crippen LogP contribution in [0.3, 0.4) is 0 Å². The van der Waals surface area contributed by atoms with Gasteiger partial charge in [0.2, 0.25) is 0 Å². The first-order chi connectivity index (χ1) is 12.8. The van der Waals surface area contributed by atoms with Gasteiger partial charge in [0.05, 0.1) is 16.1 Å². The van der Waals surface area contributed by atoms with E-state index in [-0.39, 0.29) is 24.6 Å². The third-order valence-corrected chi connectivity index (χ3v) is 5.35. The van der Waals surface area contributed by atoms with E-state index in [9.17, 15) is 13.2 Å². The summed E-state index contributed by atoms with van der Waals surface area (Å²) >= 11 is 7.58. The number of rotatable bonds is 6. The fourth-order valence-electron chi connectivity index (χ4n) is 2.77. The van der Waals surface area contributed by atoms with Crippen molar-refractivity contribution in [2.45, 2.75) is 18.6 Å². The van der Waals surface area contributed by atoms with Gasteiger partial charge in [0, 0.05) is 19.6 Å². The topological polar surface area (TPSA) is 68.8 Å². The van der Waals surface area contributed by atoms with Crippen LogP contribution in [-0.4, -0.2) is 27.4 Å². The Morgan fingerprint density at radius 1 is 1.33 bits per heavy atom. The number of thiophene rings is 1. The Kier molecular flexibility index (Phi) is 5.73. The van der Waals surface area contributed by atoms with Crippen LogP contribution in [0.5, 0.6) is 0 Å². The van der Waals surface area contributed by atoms with Crippen molar-refractivity contribution >= 4 is 27.9 Å². The minimum Gasteiger partial charge on any atom is -0.373 e. The standard InChI is InChI=1S/C17H17ClF3N5S/c1-26-16(23-9-24-26)12-7-14(27-15(12)18)25-11(8-22)6-10-4-2-3-5-13(10)17(19,20)21/h2-5,7,9,11,25H,6,8,22H2,1H3/t11-/m0/s1. The number of aryl methyl sites for hydroxylation is 1. The summed E-state index contributed by atoms with van der Waals surface area (Å²) in [7, 11) is 1.75. The summed E-state index contributed by atoms with van der Waals surface area (Å²) in [5.74, 6) is 0.607. The Labute approximate surface area is 163 Å². The van der Waals surface area contributed by atoms with Crippen molar-refractivity contribution in [3.05, 3.63) is 52.1 Å². The molecule has 0 fully saturated rings. The smallest absolute Gasteiger partial charge is 0.373 e. The number of anilines is 1. The molecule has 0 aliphatic heterocycles. The molecule has 0 bridgehead atoms. The Hall–Kier alpha value is -2.10. The maximum Gasteiger partial charge on any atom is 0.416 e. The average Bonchev–Trinajstić information content (AvgIpc) is 3.18. The molecule has 0 radical (unpaired) electrons. The summed E-state index contributed by atoms with van der Waals surface area (Å²) in [5.41, 5.74) is 6.05. The van der Waals surface area contributed by atoms with Crippen molar-refractivity contribution in [1.29, 1.82) is 0 Å². The Bertz CT molecular complexity index is 921. The number of benzene rings is 1. The minimum atomic E-state index is -4.40. The maximum atomic E-state index is 13.2. The first-order valence-corrected chi connectivity index (χ1v) is 9.24. The number of aromatic nitrogens is 3. The van der Waals surface area contributed by atoms with Gasteiger partial charge in [-0.05, 0) is 24.1 Å². The second-order valence-electron chi connectivity index (χ2n) is 5.94. The van der Waals surface area contributed by atoms with Crippen molar-refractivity contribution < 1.29 is 13.2 Å². The number of hydrogen-bond donors (Lipinski definition) is 2. The molecule has 1 aromatic carbocycles. The molecule has 0 saturated carbocycles. The number of nitrogens with one attached hydrogen (secondary N) is 1. The van der Waals surface area contributed by atoms with E-state index in [0.717, 1.165) is 6.07 Å². The van der Waals surface area contributed by atoms with Gasteiger partial charge in [-0.3, -0.25) is 0 Å². The first kappa shape index (κ1) is 19.7. The summed E-state index contributed by atoms with van der Waals surface area (Å²) in [4.78, 5) is 4.16. The molecule has 144 valence electrons. The van der Waals surface area contributed by atoms with E-state index in [0.29, 0.717) is 20.7 Å². The molecule has 3 aromatic rings. The second-order valence-corrected chi connectivity index (χ2v) is 7.60. The van der Waals surface area contributed by atoms with E-state index in [4.69, 9.17) is 17.3 Å². The highest BCUT2D eigenvalue weighted by Crippen LogP contribution is 2.38. The SMILES string of the molecule is Cn1ncnc1-c1cc(N[C@H](CN)Cc2ccccc2C(F)(F)F)sc1Cl. The lowest BCUT2D eigenvalue weighted by Crippen LogP contribution is -2.31. The molecule has 27 heavy (non-hydrogen) atoms. The highest BCUT2D eigenvalue weighted by Gasteiger charge is 2.33. The molecule has 3 rings (SSSR count). The second kappa shape index (κ2) is 7.87. The number of nitrogens with two attached hydrogens (primary N) is 1. The van der Waals surface area contributed by atoms with Gasteiger partial charge >= 0.3 is 6.18 Å². The van der Waals surface area contributed by atoms with Crippen LogP contribution < -0.4 is 11.1 Å². The highest BCUT2D eigenvalue weighted by molar-refractivity contribution is 7.20. The van der Waals surface area contributed by atoms with Crippen LogP contribution in [0.1, 0.15) is 11.1 Å². The Balaban J connectivity index is 1.80. The predicted octanol–water partition coefficient (Wildman–Crippen LogP) is 4.20. The largest absolute Gasteiger partial charge is 0.416 e. The van der Waals surface area contributed by atoms with Crippen LogP contribution in [0.4, 0.5) is 18.2 Å². The van der Waals surface area contributed by atoms with Gasteiger partial charge < -0.3 is 11.1 Å². The fourth-order valence-corrected chi connectivity index (χ4v) is 4.01. The van der Waals surface area contributed by atoms with Crippen LogP contribution >= 0.6 is 22.9 Å². The summed E-state index contributed by atoms with van der Waals surface area (Å²) in [5, 5.41) is 7.90. The average molecular weight is 416 g/mol. The third-order valence-electron chi connectivity index (χ3n) is 4.06. The molecular weight excluding hydrogens is 399 g/mol. The van der Waals surface area contributed by atoms with Gasteiger partial charge in [-0.2, -0.15) is 18.3 Å². The van der Waals surface area contributed by atoms with Crippen molar-refractivity contribution in [2.75, 3.05) is 11.9 Å². The molecule has 0 aliphatic rings. The molecule has 0 aliphatic carbocycles. The van der Waals surface area contributed by atoms with Gasteiger partial charge in [-0.1, -0.05) is 29.8 Å². The van der Waals surface area contributed by atoms with Crippen LogP contribution in [0.15, 0.2) is 36.7 Å². The Morgan fingerprint density at radius 3 is 2.70 bits per heavy atom. The molecule has 3 N–H and O–H groups in total. The van der Waals surface area contributed by atoms with E-state index >= 15 is 0 Å². The zero-order chi connectivity index (χ0) is 19.6. The van der Waals surface area contributed by atoms with Crippen LogP contribution in [-0.2, 0) is 19.6 Å². The highest BCUT2D eigenvalue weighted by atomic mass is 35.5. The third kappa shape index (κ3) is 4.42. The molecule has 2 aromatic heterocycles. The summed E-state index contributed by atoms with van der Waals surface area (Å²) < 4.78 is 41.7. The number of nitrogens with zero attached hydrogens (tertiary/aromatic N) is 3. The molecule has 0 spiro atoms. The predicted molar refractivity (Wildman–Crippen MR) is 101 cm³/mol. The van der Waals surface area contributed by atoms with Crippen molar-refractivity contribution in [3.8, 4) is 11.4 Å². The van der Waals surface area contributed by atoms with E-state index in [1.165, 1.54) is 29.8 Å². The summed E-state index contributed by atoms with van der Waals surface area (Å²) in [6.45, 7) is 0.168. The van der Waals surface area contributed by atoms with Crippen LogP contribution in [0, 0.1) is 0 Å². The van der Waals surface area contributed by atoms with Crippen molar-refractivity contribution in [3.63, 3.8) is 0 Å². The maximum absolute atomic E-state index is 13.2. The lowest BCUT2D eigenvalue weighted by atomic mass is 10.00. The number of alkyl halides is 3. The Morgan fingerprint density at radius 2 is 2.07 bits per heavy atom. The number of halogens is 4. The van der Waals surface area contributed by atoms with E-state index in [1.807, 2.05) is 0 Å². The van der Waals surface area contributed by atoms with E-state index in [1.54, 1.807) is 23.9 Å². The normalized spacial score (nSPS) is 13.0. The van der Waals surface area contributed by atoms with Crippen LogP contribution in [0.2, 0.25) is 4.34 Å². The van der Waals surface area contributed by atoms with E-state index in [2.05, 4.69) is 15.4 Å². The van der Waals surface area contributed by atoms with Gasteiger partial charge in [0.1, 0.15) is 10.7 Å². The molecule has 0 amide bonds. The first-order valence-electron chi connectivity index (χ1n) is 8.05. The number of hydrogen-bond acceptors (Lipinski definition) is 5. The van der Waals surface area contributed by atoms with Gasteiger partial charge in [-0.15, -0.1) is 11.3 Å². The summed E-state index contributed by atoms with van der Waals surface area (Å²) in [6, 6.07) is 6.94. The minimum absolute atomic E-state index is 0.140. The quantitative estimate of drug-likeness (QED) is 0.633. The molecule has 1 atom stereocenters. The lowest BCUT2D eigenvalue weighted by Gasteiger charge is -2.19. The lowest BCUT2D eigenvalue weighted by molar-refractivity contribution is -0.138. The monoisotopic (exact) mass is 415 g/mol. The van der Waals surface area contributed by atoms with E-state index < -0.39 is 11.7 Å². The fraction of sp³-hybridized carbons (Fsp3) is 0.294. The molecule has 0 saturated heterocycles. The molecule has 0 unspecified atom stereocenters. The zero-order valence-corrected chi connectivity index (χ0v) is 15.9. The molecule has 5 nitrogen and oxygen atoms in total. The van der Waals surface area contributed by atoms with Crippen LogP contribution in [0.25, 0.3) is 11.4 Å². The molecular formula is C17H17ClF3N5S.